The monoisotopic (exact) mass is 1020 g/mol. The minimum Gasteiger partial charge on any atom is -0.506 e. The topological polar surface area (TPSA) is 115 Å². The number of hydrogen-bond acceptors (Lipinski definition) is 8. The Morgan fingerprint density at radius 1 is 0.423 bits per heavy atom. The summed E-state index contributed by atoms with van der Waals surface area (Å²) in [5.41, 5.74) is -14.0. The number of ether oxygens (including phenoxy) is 4. The van der Waals surface area contributed by atoms with E-state index in [2.05, 4.69) is 0 Å². The molecule has 8 nitrogen and oxygen atoms in total. The van der Waals surface area contributed by atoms with Crippen LogP contribution in [0.15, 0.2) is 174 Å². The fourth-order valence-electron chi connectivity index (χ4n) is 7.75. The summed E-state index contributed by atoms with van der Waals surface area (Å²) in [6.45, 7) is 0. The lowest BCUT2D eigenvalue weighted by atomic mass is 9.73. The van der Waals surface area contributed by atoms with Crippen LogP contribution in [0.2, 0.25) is 0 Å². The van der Waals surface area contributed by atoms with Crippen LogP contribution in [0, 0.1) is 11.3 Å². The third kappa shape index (κ3) is 9.46. The second kappa shape index (κ2) is 18.8. The first-order valence-electron chi connectivity index (χ1n) is 20.2. The van der Waals surface area contributed by atoms with Crippen LogP contribution in [-0.4, -0.2) is 45.3 Å². The van der Waals surface area contributed by atoms with Crippen LogP contribution in [0.3, 0.4) is 0 Å². The van der Waals surface area contributed by atoms with E-state index >= 15 is 0 Å². The maximum absolute atomic E-state index is 14.9. The first-order chi connectivity index (χ1) is 33.3. The molecule has 0 bridgehead atoms. The van der Waals surface area contributed by atoms with Crippen molar-refractivity contribution in [2.45, 2.75) is 45.3 Å². The van der Waals surface area contributed by atoms with Crippen molar-refractivity contribution < 1.29 is 85.2 Å². The smallest absolute Gasteiger partial charge is 0.411 e. The molecule has 0 aliphatic rings. The third-order valence-corrected chi connectivity index (χ3v) is 13.0. The standard InChI is InChI=1S/C50H31F12NO7S/c1-67-34-13-5-30(6-14-34)45(47(51,52)53,48(54,55)56)31-7-15-35(16-8-31)68-37-21-25-40(26-22-37)71(65,66)41-27-23-38(24-28-41)69-36-17-9-32(10-18-36)46(49(57,58)59,50(60,61)62)33-11-19-39(20-12-33)70-44-4-2-3-43(64)42(44)29-63/h2-28,64H,1H3. The van der Waals surface area contributed by atoms with Crippen LogP contribution in [0.1, 0.15) is 27.8 Å². The van der Waals surface area contributed by atoms with Crippen LogP contribution in [0.5, 0.6) is 46.0 Å². The molecule has 0 saturated carbocycles. The van der Waals surface area contributed by atoms with E-state index in [1.165, 1.54) is 49.6 Å². The molecule has 0 heterocycles. The number of nitrogens with zero attached hydrogens (tertiary/aromatic N) is 1. The number of nitriles is 1. The molecular formula is C50H31F12NO7S. The van der Waals surface area contributed by atoms with Crippen LogP contribution in [0.4, 0.5) is 52.7 Å². The summed E-state index contributed by atoms with van der Waals surface area (Å²) in [4.78, 5) is -0.572. The van der Waals surface area contributed by atoms with Gasteiger partial charge in [0, 0.05) is 0 Å². The van der Waals surface area contributed by atoms with Gasteiger partial charge in [0.25, 0.3) is 0 Å². The summed E-state index contributed by atoms with van der Waals surface area (Å²) in [5.74, 6) is -1.42. The molecule has 0 amide bonds. The Morgan fingerprint density at radius 3 is 0.986 bits per heavy atom. The Morgan fingerprint density at radius 2 is 0.704 bits per heavy atom. The average molecular weight is 1020 g/mol. The van der Waals surface area contributed by atoms with E-state index < -0.39 is 73.4 Å². The summed E-state index contributed by atoms with van der Waals surface area (Å²) in [6, 6.07) is 26.5. The quantitative estimate of drug-likeness (QED) is 0.114. The molecule has 7 rings (SSSR count). The molecule has 7 aromatic rings. The highest BCUT2D eigenvalue weighted by atomic mass is 32.2. The molecule has 1 N–H and O–H groups in total. The Bertz CT molecular complexity index is 3120. The lowest BCUT2D eigenvalue weighted by Crippen LogP contribution is -2.54. The highest BCUT2D eigenvalue weighted by Crippen LogP contribution is 2.58. The molecule has 0 radical (unpaired) electrons. The van der Waals surface area contributed by atoms with Crippen molar-refractivity contribution >= 4 is 9.84 Å². The van der Waals surface area contributed by atoms with Gasteiger partial charge in [-0.05, 0) is 131 Å². The molecule has 71 heavy (non-hydrogen) atoms. The van der Waals surface area contributed by atoms with Gasteiger partial charge in [-0.2, -0.15) is 57.9 Å². The predicted octanol–water partition coefficient (Wildman–Crippen LogP) is 14.3. The van der Waals surface area contributed by atoms with Gasteiger partial charge in [0.05, 0.1) is 16.9 Å². The van der Waals surface area contributed by atoms with Crippen molar-refractivity contribution in [1.82, 2.24) is 0 Å². The lowest BCUT2D eigenvalue weighted by molar-refractivity contribution is -0.290. The van der Waals surface area contributed by atoms with E-state index in [0.717, 1.165) is 72.8 Å². The minimum atomic E-state index is -5.95. The molecule has 0 spiro atoms. The fourth-order valence-corrected chi connectivity index (χ4v) is 9.01. The summed E-state index contributed by atoms with van der Waals surface area (Å²) in [7, 11) is -3.08. The molecule has 0 saturated heterocycles. The highest BCUT2D eigenvalue weighted by molar-refractivity contribution is 7.91. The minimum absolute atomic E-state index is 0.0308. The van der Waals surface area contributed by atoms with Gasteiger partial charge in [-0.1, -0.05) is 54.6 Å². The van der Waals surface area contributed by atoms with E-state index in [-0.39, 0.29) is 55.6 Å². The van der Waals surface area contributed by atoms with Crippen molar-refractivity contribution in [2.24, 2.45) is 0 Å². The Balaban J connectivity index is 1.06. The van der Waals surface area contributed by atoms with Gasteiger partial charge in [-0.3, -0.25) is 0 Å². The molecule has 0 aliphatic carbocycles. The summed E-state index contributed by atoms with van der Waals surface area (Å²) < 4.78 is 225. The Hall–Kier alpha value is -7.86. The molecule has 0 atom stereocenters. The molecular weight excluding hydrogens is 987 g/mol. The average Bonchev–Trinajstić information content (AvgIpc) is 3.30. The maximum atomic E-state index is 14.9. The van der Waals surface area contributed by atoms with Crippen LogP contribution in [-0.2, 0) is 20.7 Å². The first kappa shape index (κ1) is 51.0. The van der Waals surface area contributed by atoms with Gasteiger partial charge in [0.2, 0.25) is 20.7 Å². The van der Waals surface area contributed by atoms with Crippen molar-refractivity contribution in [3.8, 4) is 52.1 Å². The number of hydrogen-bond donors (Lipinski definition) is 1. The second-order valence-corrected chi connectivity index (χ2v) is 17.3. The Labute approximate surface area is 395 Å². The SMILES string of the molecule is COc1ccc(C(c2ccc(Oc3ccc(S(=O)(=O)c4ccc(Oc5ccc(C(c6ccc(Oc7cccc(O)c7C#N)cc6)(C(F)(F)F)C(F)(F)F)cc5)cc4)cc3)cc2)(C(F)(F)F)C(F)(F)F)cc1. The number of sulfone groups is 1. The van der Waals surface area contributed by atoms with Gasteiger partial charge in [0.1, 0.15) is 57.6 Å². The zero-order chi connectivity index (χ0) is 51.8. The maximum Gasteiger partial charge on any atom is 0.411 e. The van der Waals surface area contributed by atoms with Gasteiger partial charge in [-0.15, -0.1) is 0 Å². The lowest BCUT2D eigenvalue weighted by Gasteiger charge is -2.38. The van der Waals surface area contributed by atoms with E-state index in [1.54, 1.807) is 6.07 Å². The van der Waals surface area contributed by atoms with Gasteiger partial charge < -0.3 is 24.1 Å². The molecule has 21 heteroatoms. The third-order valence-electron chi connectivity index (χ3n) is 11.2. The van der Waals surface area contributed by atoms with Crippen molar-refractivity contribution in [1.29, 1.82) is 5.26 Å². The van der Waals surface area contributed by atoms with Crippen LogP contribution in [0.25, 0.3) is 0 Å². The number of phenols is 1. The van der Waals surface area contributed by atoms with E-state index in [0.29, 0.717) is 48.5 Å². The number of halogens is 12. The summed E-state index contributed by atoms with van der Waals surface area (Å²) >= 11 is 0. The zero-order valence-electron chi connectivity index (χ0n) is 35.9. The van der Waals surface area contributed by atoms with Gasteiger partial charge in [0.15, 0.2) is 0 Å². The van der Waals surface area contributed by atoms with Crippen LogP contribution < -0.4 is 18.9 Å². The predicted molar refractivity (Wildman–Crippen MR) is 229 cm³/mol. The number of aromatic hydroxyl groups is 1. The summed E-state index contributed by atoms with van der Waals surface area (Å²) in [5, 5.41) is 19.2. The number of methoxy groups -OCH3 is 1. The molecule has 0 unspecified atom stereocenters. The van der Waals surface area contributed by atoms with E-state index in [1.807, 2.05) is 0 Å². The molecule has 0 aromatic heterocycles. The second-order valence-electron chi connectivity index (χ2n) is 15.3. The van der Waals surface area contributed by atoms with Gasteiger partial charge in [-0.25, -0.2) is 8.42 Å². The van der Waals surface area contributed by atoms with Crippen LogP contribution >= 0.6 is 0 Å². The number of alkyl halides is 12. The number of phenolic OH excluding ortho intramolecular Hbond substituents is 1. The first-order valence-corrected chi connectivity index (χ1v) is 21.7. The molecule has 0 fully saturated rings. The van der Waals surface area contributed by atoms with Crippen molar-refractivity contribution in [3.63, 3.8) is 0 Å². The largest absolute Gasteiger partial charge is 0.506 e. The zero-order valence-corrected chi connectivity index (χ0v) is 36.7. The highest BCUT2D eigenvalue weighted by Gasteiger charge is 2.73. The fraction of sp³-hybridized carbons (Fsp3) is 0.140. The molecule has 0 aliphatic heterocycles. The van der Waals surface area contributed by atoms with Crippen molar-refractivity contribution in [3.05, 3.63) is 192 Å². The number of benzene rings is 7. The van der Waals surface area contributed by atoms with Crippen molar-refractivity contribution in [2.75, 3.05) is 7.11 Å². The van der Waals surface area contributed by atoms with Gasteiger partial charge >= 0.3 is 24.7 Å². The molecule has 7 aromatic carbocycles. The van der Waals surface area contributed by atoms with E-state index in [9.17, 15) is 71.5 Å². The van der Waals surface area contributed by atoms with E-state index in [4.69, 9.17) is 18.9 Å². The molecule has 368 valence electrons. The Kier molecular flexibility index (Phi) is 13.5. The summed E-state index contributed by atoms with van der Waals surface area (Å²) in [6.07, 6.45) is -23.6. The normalized spacial score (nSPS) is 12.7. The number of rotatable bonds is 13.